The Morgan fingerprint density at radius 3 is 2.50 bits per heavy atom. The van der Waals surface area contributed by atoms with Gasteiger partial charge in [-0.3, -0.25) is 10.1 Å². The highest BCUT2D eigenvalue weighted by Gasteiger charge is 2.12. The molecule has 3 rings (SSSR count). The molecule has 0 heterocycles. The molecule has 0 aliphatic heterocycles. The summed E-state index contributed by atoms with van der Waals surface area (Å²) in [6.07, 6.45) is 1.55. The number of nitrogens with zero attached hydrogens (tertiary/aromatic N) is 1. The van der Waals surface area contributed by atoms with Crippen LogP contribution in [-0.2, 0) is 16.9 Å². The average molecular weight is 337 g/mol. The van der Waals surface area contributed by atoms with Crippen molar-refractivity contribution >= 4 is 33.7 Å². The Morgan fingerprint density at radius 1 is 0.958 bits per heavy atom. The van der Waals surface area contributed by atoms with Gasteiger partial charge in [-0.25, -0.2) is 0 Å². The molecule has 0 saturated heterocycles. The molecule has 120 valence electrons. The smallest absolute Gasteiger partial charge is 0.276 e. The second-order valence-corrected chi connectivity index (χ2v) is 6.60. The van der Waals surface area contributed by atoms with Crippen LogP contribution in [0.1, 0.15) is 11.1 Å². The third kappa shape index (κ3) is 3.64. The van der Waals surface area contributed by atoms with Gasteiger partial charge in [0, 0.05) is 11.6 Å². The molecule has 1 unspecified atom stereocenters. The first-order valence-corrected chi connectivity index (χ1v) is 8.79. The highest BCUT2D eigenvalue weighted by Crippen LogP contribution is 2.23. The maximum absolute atomic E-state index is 12.4. The summed E-state index contributed by atoms with van der Waals surface area (Å²) in [6.45, 7) is 0. The highest BCUT2D eigenvalue weighted by molar-refractivity contribution is 7.93. The van der Waals surface area contributed by atoms with Crippen molar-refractivity contribution in [1.29, 1.82) is 0 Å². The van der Waals surface area contributed by atoms with E-state index in [4.69, 9.17) is 0 Å². The van der Waals surface area contributed by atoms with Gasteiger partial charge in [0.25, 0.3) is 5.69 Å². The Labute approximate surface area is 142 Å². The van der Waals surface area contributed by atoms with E-state index in [-0.39, 0.29) is 5.69 Å². The van der Waals surface area contributed by atoms with Crippen LogP contribution in [0.15, 0.2) is 72.1 Å². The molecule has 0 spiro atoms. The van der Waals surface area contributed by atoms with Crippen molar-refractivity contribution in [2.45, 2.75) is 5.75 Å². The molecule has 0 N–H and O–H groups in total. The molecule has 1 atom stereocenters. The quantitative estimate of drug-likeness (QED) is 0.386. The van der Waals surface area contributed by atoms with E-state index >= 15 is 0 Å². The minimum atomic E-state index is -1.25. The van der Waals surface area contributed by atoms with E-state index in [1.54, 1.807) is 24.3 Å². The Kier molecular flexibility index (Phi) is 4.93. The van der Waals surface area contributed by atoms with E-state index < -0.39 is 16.1 Å². The lowest BCUT2D eigenvalue weighted by Gasteiger charge is -2.08. The van der Waals surface area contributed by atoms with Crippen molar-refractivity contribution in [3.63, 3.8) is 0 Å². The summed E-state index contributed by atoms with van der Waals surface area (Å²) in [5.41, 5.74) is 1.46. The van der Waals surface area contributed by atoms with Crippen LogP contribution in [0.25, 0.3) is 16.8 Å². The van der Waals surface area contributed by atoms with Crippen LogP contribution in [0, 0.1) is 10.1 Å². The molecule has 0 saturated carbocycles. The number of hydrogen-bond acceptors (Lipinski definition) is 3. The standard InChI is InChI=1S/C19H15NO3S/c21-20(22)19-11-4-2-7-16(19)12-13-24(23)14-17-9-5-8-15-6-1-3-10-18(15)17/h1-13H,14H2/b13-12+. The zero-order valence-corrected chi connectivity index (χ0v) is 13.6. The first-order valence-electron chi connectivity index (χ1n) is 7.40. The van der Waals surface area contributed by atoms with Crippen molar-refractivity contribution in [3.05, 3.63) is 93.4 Å². The van der Waals surface area contributed by atoms with E-state index in [2.05, 4.69) is 0 Å². The first kappa shape index (κ1) is 16.2. The van der Waals surface area contributed by atoms with E-state index in [1.165, 1.54) is 11.5 Å². The number of benzene rings is 3. The summed E-state index contributed by atoms with van der Waals surface area (Å²) in [7, 11) is 0. The Balaban J connectivity index is 1.81. The molecule has 3 aromatic carbocycles. The molecular formula is C19H15NO3S. The zero-order valence-electron chi connectivity index (χ0n) is 12.8. The van der Waals surface area contributed by atoms with E-state index in [0.29, 0.717) is 11.3 Å². The monoisotopic (exact) mass is 337 g/mol. The van der Waals surface area contributed by atoms with Crippen molar-refractivity contribution in [2.24, 2.45) is 0 Å². The molecule has 24 heavy (non-hydrogen) atoms. The maximum Gasteiger partial charge on any atom is 0.276 e. The van der Waals surface area contributed by atoms with Gasteiger partial charge < -0.3 is 4.55 Å². The molecule has 4 nitrogen and oxygen atoms in total. The fourth-order valence-electron chi connectivity index (χ4n) is 2.56. The summed E-state index contributed by atoms with van der Waals surface area (Å²) < 4.78 is 12.4. The molecule has 0 radical (unpaired) electrons. The average Bonchev–Trinajstić information content (AvgIpc) is 2.60. The normalized spacial score (nSPS) is 12.5. The third-order valence-corrected chi connectivity index (χ3v) is 4.75. The van der Waals surface area contributed by atoms with Crippen molar-refractivity contribution in [1.82, 2.24) is 0 Å². The minimum absolute atomic E-state index is 0.0101. The predicted molar refractivity (Wildman–Crippen MR) is 97.9 cm³/mol. The van der Waals surface area contributed by atoms with Gasteiger partial charge in [-0.2, -0.15) is 0 Å². The summed E-state index contributed by atoms with van der Waals surface area (Å²) in [4.78, 5) is 10.6. The molecule has 5 heteroatoms. The second-order valence-electron chi connectivity index (χ2n) is 5.28. The number of fused-ring (bicyclic) bond motifs is 1. The number of rotatable bonds is 5. The fourth-order valence-corrected chi connectivity index (χ4v) is 3.52. The van der Waals surface area contributed by atoms with Crippen LogP contribution in [0.2, 0.25) is 0 Å². The number of nitro groups is 1. The van der Waals surface area contributed by atoms with Crippen LogP contribution in [0.3, 0.4) is 0 Å². The lowest BCUT2D eigenvalue weighted by atomic mass is 10.1. The predicted octanol–water partition coefficient (Wildman–Crippen LogP) is 4.67. The lowest BCUT2D eigenvalue weighted by Crippen LogP contribution is -2.01. The molecule has 0 fully saturated rings. The minimum Gasteiger partial charge on any atom is -0.612 e. The van der Waals surface area contributed by atoms with Crippen LogP contribution in [0.5, 0.6) is 0 Å². The van der Waals surface area contributed by atoms with Gasteiger partial charge in [0.15, 0.2) is 0 Å². The topological polar surface area (TPSA) is 66.2 Å². The van der Waals surface area contributed by atoms with Gasteiger partial charge in [0.2, 0.25) is 0 Å². The largest absolute Gasteiger partial charge is 0.612 e. The SMILES string of the molecule is O=[N+]([O-])c1ccccc1/C=C/[S+]([O-])Cc1cccc2ccccc12. The fraction of sp³-hybridized carbons (Fsp3) is 0.0526. The first-order chi connectivity index (χ1) is 11.6. The lowest BCUT2D eigenvalue weighted by molar-refractivity contribution is -0.385. The Hall–Kier alpha value is -2.63. The van der Waals surface area contributed by atoms with Crippen molar-refractivity contribution in [2.75, 3.05) is 0 Å². The van der Waals surface area contributed by atoms with Gasteiger partial charge in [0.05, 0.1) is 10.5 Å². The third-order valence-electron chi connectivity index (χ3n) is 3.71. The van der Waals surface area contributed by atoms with Crippen LogP contribution < -0.4 is 0 Å². The molecular weight excluding hydrogens is 322 g/mol. The van der Waals surface area contributed by atoms with Crippen LogP contribution >= 0.6 is 0 Å². The summed E-state index contributed by atoms with van der Waals surface area (Å²) in [6, 6.07) is 20.3. The van der Waals surface area contributed by atoms with Crippen LogP contribution in [-0.4, -0.2) is 9.48 Å². The summed E-state index contributed by atoms with van der Waals surface area (Å²) in [5, 5.41) is 14.7. The molecule has 3 aromatic rings. The van der Waals surface area contributed by atoms with Gasteiger partial charge in [-0.1, -0.05) is 54.6 Å². The zero-order chi connectivity index (χ0) is 16.9. The van der Waals surface area contributed by atoms with Gasteiger partial charge in [0.1, 0.15) is 11.2 Å². The second kappa shape index (κ2) is 7.29. The molecule has 0 bridgehead atoms. The Morgan fingerprint density at radius 2 is 1.67 bits per heavy atom. The Bertz CT molecular complexity index is 903. The number of nitro benzene ring substituents is 1. The van der Waals surface area contributed by atoms with Crippen molar-refractivity contribution in [3.8, 4) is 0 Å². The van der Waals surface area contributed by atoms with E-state index in [0.717, 1.165) is 16.3 Å². The van der Waals surface area contributed by atoms with Gasteiger partial charge in [-0.05, 0) is 34.1 Å². The van der Waals surface area contributed by atoms with Crippen LogP contribution in [0.4, 0.5) is 5.69 Å². The number of para-hydroxylation sites is 1. The number of hydrogen-bond donors (Lipinski definition) is 0. The van der Waals surface area contributed by atoms with Gasteiger partial charge in [-0.15, -0.1) is 0 Å². The van der Waals surface area contributed by atoms with Gasteiger partial charge >= 0.3 is 0 Å². The van der Waals surface area contributed by atoms with E-state index in [1.807, 2.05) is 42.5 Å². The summed E-state index contributed by atoms with van der Waals surface area (Å²) in [5.74, 6) is 0.373. The highest BCUT2D eigenvalue weighted by atomic mass is 32.2. The summed E-state index contributed by atoms with van der Waals surface area (Å²) >= 11 is -1.25. The van der Waals surface area contributed by atoms with Crippen molar-refractivity contribution < 1.29 is 9.48 Å². The molecule has 0 amide bonds. The molecule has 0 aromatic heterocycles. The molecule has 0 aliphatic carbocycles. The molecule has 0 aliphatic rings. The van der Waals surface area contributed by atoms with E-state index in [9.17, 15) is 14.7 Å². The maximum atomic E-state index is 12.4.